The molecule has 3 aromatic rings. The maximum Gasteiger partial charge on any atom is 0.245 e. The number of likely N-dealkylation sites (tertiary alicyclic amines) is 1. The van der Waals surface area contributed by atoms with Crippen LogP contribution in [0.1, 0.15) is 35.1 Å². The number of nitrogens with one attached hydrogen (secondary N) is 2. The van der Waals surface area contributed by atoms with E-state index in [1.165, 1.54) is 22.5 Å². The Morgan fingerprint density at radius 1 is 1.14 bits per heavy atom. The molecule has 2 unspecified atom stereocenters. The summed E-state index contributed by atoms with van der Waals surface area (Å²) in [6.45, 7) is 1.42. The van der Waals surface area contributed by atoms with E-state index in [-0.39, 0.29) is 24.8 Å². The number of hydrogen-bond donors (Lipinski definition) is 2. The van der Waals surface area contributed by atoms with E-state index in [2.05, 4.69) is 15.6 Å². The maximum atomic E-state index is 14.3. The molecule has 4 heterocycles. The Bertz CT molecular complexity index is 1660. The number of sulfonamides is 1. The molecule has 2 amide bonds. The van der Waals surface area contributed by atoms with E-state index in [4.69, 9.17) is 11.6 Å². The van der Waals surface area contributed by atoms with Crippen molar-refractivity contribution in [3.8, 4) is 0 Å². The molecule has 1 fully saturated rings. The number of benzene rings is 2. The van der Waals surface area contributed by atoms with Crippen molar-refractivity contribution in [1.82, 2.24) is 20.5 Å². The van der Waals surface area contributed by atoms with E-state index in [0.29, 0.717) is 55.2 Å². The van der Waals surface area contributed by atoms with Crippen LogP contribution in [0.2, 0.25) is 5.02 Å². The zero-order valence-corrected chi connectivity index (χ0v) is 25.3. The zero-order valence-electron chi connectivity index (χ0n) is 23.7. The Hall–Kier alpha value is -3.54. The summed E-state index contributed by atoms with van der Waals surface area (Å²) in [7, 11) is -3.56. The van der Waals surface area contributed by atoms with E-state index in [9.17, 15) is 22.4 Å². The van der Waals surface area contributed by atoms with Crippen molar-refractivity contribution in [3.63, 3.8) is 0 Å². The highest BCUT2D eigenvalue weighted by Gasteiger charge is 2.48. The second kappa shape index (κ2) is 11.5. The molecular weight excluding hydrogens is 593 g/mol. The first-order chi connectivity index (χ1) is 20.5. The third-order valence-electron chi connectivity index (χ3n) is 8.93. The molecule has 1 spiro atoms. The van der Waals surface area contributed by atoms with Crippen LogP contribution in [0.3, 0.4) is 0 Å². The van der Waals surface area contributed by atoms with Gasteiger partial charge in [-0.3, -0.25) is 18.9 Å². The predicted octanol–water partition coefficient (Wildman–Crippen LogP) is 2.96. The molecule has 0 radical (unpaired) electrons. The first-order valence-electron chi connectivity index (χ1n) is 14.3. The second-order valence-corrected chi connectivity index (χ2v) is 14.1. The molecule has 2 N–H and O–H groups in total. The number of pyridine rings is 1. The van der Waals surface area contributed by atoms with Crippen molar-refractivity contribution < 1.29 is 22.4 Å². The van der Waals surface area contributed by atoms with Crippen LogP contribution in [-0.2, 0) is 44.4 Å². The van der Waals surface area contributed by atoms with E-state index >= 15 is 0 Å². The van der Waals surface area contributed by atoms with Gasteiger partial charge in [-0.05, 0) is 77.9 Å². The number of hydrogen-bond acceptors (Lipinski definition) is 6. The van der Waals surface area contributed by atoms with Gasteiger partial charge in [0.15, 0.2) is 0 Å². The molecule has 9 nitrogen and oxygen atoms in total. The molecule has 1 aromatic heterocycles. The lowest BCUT2D eigenvalue weighted by atomic mass is 9.74. The number of rotatable bonds is 6. The summed E-state index contributed by atoms with van der Waals surface area (Å²) in [4.78, 5) is 33.4. The summed E-state index contributed by atoms with van der Waals surface area (Å²) in [5, 5.41) is 6.84. The van der Waals surface area contributed by atoms with Crippen LogP contribution in [0.15, 0.2) is 60.9 Å². The molecule has 0 aliphatic carbocycles. The van der Waals surface area contributed by atoms with Gasteiger partial charge in [0.1, 0.15) is 11.9 Å². The van der Waals surface area contributed by atoms with Crippen molar-refractivity contribution >= 4 is 39.1 Å². The number of carbonyl (C=O) groups is 2. The molecule has 6 rings (SSSR count). The van der Waals surface area contributed by atoms with Crippen LogP contribution in [-0.4, -0.2) is 68.1 Å². The fourth-order valence-corrected chi connectivity index (χ4v) is 7.67. The van der Waals surface area contributed by atoms with Gasteiger partial charge in [0, 0.05) is 55.4 Å². The van der Waals surface area contributed by atoms with Gasteiger partial charge in [0.25, 0.3) is 0 Å². The highest BCUT2D eigenvalue weighted by molar-refractivity contribution is 7.92. The number of carbonyl (C=O) groups excluding carboxylic acids is 2. The Kier molecular flexibility index (Phi) is 7.91. The predicted molar refractivity (Wildman–Crippen MR) is 162 cm³/mol. The summed E-state index contributed by atoms with van der Waals surface area (Å²) in [5.74, 6) is -0.892. The molecule has 2 atom stereocenters. The van der Waals surface area contributed by atoms with Crippen LogP contribution >= 0.6 is 11.6 Å². The highest BCUT2D eigenvalue weighted by Crippen LogP contribution is 2.48. The smallest absolute Gasteiger partial charge is 0.245 e. The van der Waals surface area contributed by atoms with Crippen molar-refractivity contribution in [3.05, 3.63) is 94.0 Å². The normalized spacial score (nSPS) is 19.9. The van der Waals surface area contributed by atoms with Gasteiger partial charge in [-0.1, -0.05) is 23.7 Å². The van der Waals surface area contributed by atoms with Gasteiger partial charge in [0.2, 0.25) is 21.8 Å². The van der Waals surface area contributed by atoms with E-state index < -0.39 is 33.3 Å². The van der Waals surface area contributed by atoms with Gasteiger partial charge in [-0.15, -0.1) is 0 Å². The van der Waals surface area contributed by atoms with Gasteiger partial charge in [-0.2, -0.15) is 0 Å². The molecule has 43 heavy (non-hydrogen) atoms. The molecule has 3 aliphatic heterocycles. The Balaban J connectivity index is 1.20. The number of aromatic nitrogens is 1. The number of nitrogens with zero attached hydrogens (tertiary/aromatic N) is 3. The lowest BCUT2D eigenvalue weighted by molar-refractivity contribution is -0.138. The molecule has 12 heteroatoms. The fourth-order valence-electron chi connectivity index (χ4n) is 6.55. The monoisotopic (exact) mass is 625 g/mol. The van der Waals surface area contributed by atoms with E-state index in [0.717, 1.165) is 22.9 Å². The minimum atomic E-state index is -3.56. The molecule has 2 aromatic carbocycles. The van der Waals surface area contributed by atoms with Gasteiger partial charge < -0.3 is 15.5 Å². The van der Waals surface area contributed by atoms with Crippen LogP contribution in [0.4, 0.5) is 10.1 Å². The van der Waals surface area contributed by atoms with Crippen LogP contribution < -0.4 is 14.9 Å². The SMILES string of the molecule is CS(=O)(=O)N1CC2(CCN(C(=O)C(Cc3ccc(Cl)cc3)NC(=O)C3Cc4ccncc4CN3)CC2)c2cc(F)ccc21. The first kappa shape index (κ1) is 29.5. The van der Waals surface area contributed by atoms with Crippen LogP contribution in [0.5, 0.6) is 0 Å². The zero-order chi connectivity index (χ0) is 30.4. The second-order valence-electron chi connectivity index (χ2n) is 11.7. The number of fused-ring (bicyclic) bond motifs is 3. The van der Waals surface area contributed by atoms with Crippen molar-refractivity contribution in [2.24, 2.45) is 0 Å². The van der Waals surface area contributed by atoms with E-state index in [1.807, 2.05) is 18.2 Å². The molecule has 0 bridgehead atoms. The Morgan fingerprint density at radius 2 is 1.88 bits per heavy atom. The standard InChI is InChI=1S/C31H33ClFN5O4S/c1-43(41,42)38-19-31(25-16-24(33)6-7-28(25)38)9-12-37(13-10-31)30(40)27(14-20-2-4-23(32)5-3-20)36-29(39)26-15-21-8-11-34-17-22(21)18-35-26/h2-8,11,16-17,26-27,35H,9-10,12-15,18-19H2,1H3,(H,36,39). The minimum absolute atomic E-state index is 0.210. The average molecular weight is 626 g/mol. The Labute approximate surface area is 255 Å². The largest absolute Gasteiger partial charge is 0.343 e. The lowest BCUT2D eigenvalue weighted by Gasteiger charge is -2.41. The van der Waals surface area contributed by atoms with Gasteiger partial charge in [0.05, 0.1) is 18.0 Å². The summed E-state index contributed by atoms with van der Waals surface area (Å²) >= 11 is 6.08. The van der Waals surface area contributed by atoms with Crippen LogP contribution in [0.25, 0.3) is 0 Å². The first-order valence-corrected chi connectivity index (χ1v) is 16.5. The topological polar surface area (TPSA) is 112 Å². The quantitative estimate of drug-likeness (QED) is 0.436. The molecule has 0 saturated carbocycles. The fraction of sp³-hybridized carbons (Fsp3) is 0.387. The number of amides is 2. The van der Waals surface area contributed by atoms with Gasteiger partial charge >= 0.3 is 0 Å². The maximum absolute atomic E-state index is 14.3. The van der Waals surface area contributed by atoms with E-state index in [1.54, 1.807) is 29.4 Å². The molecule has 226 valence electrons. The summed E-state index contributed by atoms with van der Waals surface area (Å²) < 4.78 is 40.8. The number of piperidine rings is 1. The number of anilines is 1. The summed E-state index contributed by atoms with van der Waals surface area (Å²) in [6, 6.07) is 12.0. The lowest BCUT2D eigenvalue weighted by Crippen LogP contribution is -2.57. The average Bonchev–Trinajstić information content (AvgIpc) is 3.31. The highest BCUT2D eigenvalue weighted by atomic mass is 35.5. The third kappa shape index (κ3) is 5.98. The Morgan fingerprint density at radius 3 is 2.60 bits per heavy atom. The summed E-state index contributed by atoms with van der Waals surface area (Å²) in [6.07, 6.45) is 6.37. The molecule has 3 aliphatic rings. The minimum Gasteiger partial charge on any atom is -0.343 e. The van der Waals surface area contributed by atoms with Gasteiger partial charge in [-0.25, -0.2) is 12.8 Å². The van der Waals surface area contributed by atoms with Crippen molar-refractivity contribution in [2.45, 2.75) is 49.7 Å². The number of halogens is 2. The molecule has 1 saturated heterocycles. The molecular formula is C31H33ClFN5O4S. The summed E-state index contributed by atoms with van der Waals surface area (Å²) in [5.41, 5.74) is 3.51. The van der Waals surface area contributed by atoms with Crippen molar-refractivity contribution in [1.29, 1.82) is 0 Å². The van der Waals surface area contributed by atoms with Crippen LogP contribution in [0, 0.1) is 5.82 Å². The van der Waals surface area contributed by atoms with Crippen molar-refractivity contribution in [2.75, 3.05) is 30.2 Å². The third-order valence-corrected chi connectivity index (χ3v) is 10.3.